The molecule has 0 aliphatic heterocycles. The van der Waals surface area contributed by atoms with Gasteiger partial charge in [0, 0.05) is 11.1 Å². The minimum Gasteiger partial charge on any atom is -0.331 e. The van der Waals surface area contributed by atoms with E-state index in [2.05, 4.69) is 15.6 Å². The average molecular weight is 281 g/mol. The number of benzene rings is 1. The summed E-state index contributed by atoms with van der Waals surface area (Å²) < 4.78 is 3.13. The van der Waals surface area contributed by atoms with E-state index in [1.54, 1.807) is 0 Å². The molecule has 1 N–H and O–H groups in total. The summed E-state index contributed by atoms with van der Waals surface area (Å²) in [5, 5.41) is 0.756. The number of nitrogens with one attached hydrogen (secondary N) is 1. The Balaban J connectivity index is 2.09. The second-order valence-corrected chi connectivity index (χ2v) is 5.93. The van der Waals surface area contributed by atoms with Crippen molar-refractivity contribution in [1.82, 2.24) is 9.55 Å². The summed E-state index contributed by atoms with van der Waals surface area (Å²) in [6.07, 6.45) is 7.82. The molecule has 4 heteroatoms. The van der Waals surface area contributed by atoms with Gasteiger partial charge in [0.2, 0.25) is 0 Å². The van der Waals surface area contributed by atoms with Gasteiger partial charge in [-0.15, -0.1) is 0 Å². The van der Waals surface area contributed by atoms with Crippen LogP contribution in [0.5, 0.6) is 0 Å². The second kappa shape index (κ2) is 5.06. The molecule has 1 aliphatic carbocycles. The van der Waals surface area contributed by atoms with E-state index in [1.165, 1.54) is 44.0 Å². The molecule has 1 aromatic carbocycles. The Morgan fingerprint density at radius 2 is 1.89 bits per heavy atom. The van der Waals surface area contributed by atoms with Crippen molar-refractivity contribution in [2.75, 3.05) is 0 Å². The lowest BCUT2D eigenvalue weighted by atomic mass is 10.1. The van der Waals surface area contributed by atoms with Gasteiger partial charge in [0.15, 0.2) is 4.77 Å². The van der Waals surface area contributed by atoms with Gasteiger partial charge < -0.3 is 9.55 Å². The molecule has 96 valence electrons. The molecule has 18 heavy (non-hydrogen) atoms. The van der Waals surface area contributed by atoms with E-state index < -0.39 is 0 Å². The maximum Gasteiger partial charge on any atom is 0.178 e. The molecule has 1 aromatic heterocycles. The lowest BCUT2D eigenvalue weighted by Crippen LogP contribution is -2.07. The Kier molecular flexibility index (Phi) is 3.44. The lowest BCUT2D eigenvalue weighted by Gasteiger charge is -2.17. The molecule has 1 fully saturated rings. The molecule has 2 nitrogen and oxygen atoms in total. The zero-order valence-electron chi connectivity index (χ0n) is 10.3. The van der Waals surface area contributed by atoms with Crippen LogP contribution in [-0.2, 0) is 0 Å². The first-order valence-corrected chi connectivity index (χ1v) is 7.44. The Labute approximate surface area is 117 Å². The number of hydrogen-bond donors (Lipinski definition) is 1. The van der Waals surface area contributed by atoms with Crippen LogP contribution >= 0.6 is 23.8 Å². The maximum atomic E-state index is 6.03. The molecule has 2 aromatic rings. The second-order valence-electron chi connectivity index (χ2n) is 5.11. The normalized spacial score (nSPS) is 18.1. The molecule has 1 heterocycles. The fourth-order valence-electron chi connectivity index (χ4n) is 2.98. The molecule has 0 amide bonds. The highest BCUT2D eigenvalue weighted by Gasteiger charge is 2.17. The minimum atomic E-state index is 0.551. The van der Waals surface area contributed by atoms with E-state index in [0.29, 0.717) is 6.04 Å². The number of hydrogen-bond acceptors (Lipinski definition) is 1. The molecule has 0 atom stereocenters. The fraction of sp³-hybridized carbons (Fsp3) is 0.500. The summed E-state index contributed by atoms with van der Waals surface area (Å²) in [6.45, 7) is 0. The molecular weight excluding hydrogens is 264 g/mol. The summed E-state index contributed by atoms with van der Waals surface area (Å²) in [5.74, 6) is 0. The van der Waals surface area contributed by atoms with Gasteiger partial charge in [-0.3, -0.25) is 0 Å². The molecule has 0 spiro atoms. The topological polar surface area (TPSA) is 20.7 Å². The number of H-pyrrole nitrogens is 1. The summed E-state index contributed by atoms with van der Waals surface area (Å²) in [4.78, 5) is 3.28. The van der Waals surface area contributed by atoms with E-state index in [9.17, 15) is 0 Å². The van der Waals surface area contributed by atoms with E-state index in [-0.39, 0.29) is 0 Å². The zero-order chi connectivity index (χ0) is 12.5. The highest BCUT2D eigenvalue weighted by molar-refractivity contribution is 7.71. The largest absolute Gasteiger partial charge is 0.331 e. The van der Waals surface area contributed by atoms with Gasteiger partial charge >= 0.3 is 0 Å². The van der Waals surface area contributed by atoms with Crippen molar-refractivity contribution in [1.29, 1.82) is 0 Å². The molecule has 0 saturated heterocycles. The van der Waals surface area contributed by atoms with Gasteiger partial charge in [-0.25, -0.2) is 0 Å². The monoisotopic (exact) mass is 280 g/mol. The number of aromatic amines is 1. The Hall–Kier alpha value is -0.800. The Morgan fingerprint density at radius 3 is 2.61 bits per heavy atom. The van der Waals surface area contributed by atoms with Crippen LogP contribution in [0.15, 0.2) is 18.2 Å². The van der Waals surface area contributed by atoms with Gasteiger partial charge in [0.05, 0.1) is 11.0 Å². The van der Waals surface area contributed by atoms with Gasteiger partial charge in [-0.05, 0) is 43.3 Å². The van der Waals surface area contributed by atoms with Crippen molar-refractivity contribution in [2.45, 2.75) is 44.6 Å². The average Bonchev–Trinajstić information content (AvgIpc) is 2.54. The fourth-order valence-corrected chi connectivity index (χ4v) is 3.51. The predicted octanol–water partition coefficient (Wildman–Crippen LogP) is 5.25. The van der Waals surface area contributed by atoms with Gasteiger partial charge in [0.25, 0.3) is 0 Å². The van der Waals surface area contributed by atoms with E-state index in [1.807, 2.05) is 12.1 Å². The molecule has 1 aliphatic rings. The molecule has 0 unspecified atom stereocenters. The third-order valence-corrected chi connectivity index (χ3v) is 4.40. The molecule has 0 radical (unpaired) electrons. The third-order valence-electron chi connectivity index (χ3n) is 3.87. The van der Waals surface area contributed by atoms with Crippen LogP contribution in [0.1, 0.15) is 44.6 Å². The lowest BCUT2D eigenvalue weighted by molar-refractivity contribution is 0.450. The number of halogens is 1. The van der Waals surface area contributed by atoms with Crippen LogP contribution in [0.25, 0.3) is 11.0 Å². The SMILES string of the molecule is S=c1[nH]c2cc(Cl)ccc2n1C1CCCCCC1. The molecule has 3 rings (SSSR count). The number of nitrogens with zero attached hydrogens (tertiary/aromatic N) is 1. The molecule has 1 saturated carbocycles. The van der Waals surface area contributed by atoms with Crippen LogP contribution in [0, 0.1) is 4.77 Å². The smallest absolute Gasteiger partial charge is 0.178 e. The van der Waals surface area contributed by atoms with E-state index in [4.69, 9.17) is 23.8 Å². The van der Waals surface area contributed by atoms with Crippen LogP contribution in [-0.4, -0.2) is 9.55 Å². The summed E-state index contributed by atoms with van der Waals surface area (Å²) in [6, 6.07) is 6.53. The summed E-state index contributed by atoms with van der Waals surface area (Å²) in [5.41, 5.74) is 2.24. The number of fused-ring (bicyclic) bond motifs is 1. The van der Waals surface area contributed by atoms with Crippen LogP contribution in [0.4, 0.5) is 0 Å². The van der Waals surface area contributed by atoms with Crippen molar-refractivity contribution in [3.63, 3.8) is 0 Å². The first kappa shape index (κ1) is 12.2. The minimum absolute atomic E-state index is 0.551. The first-order chi connectivity index (χ1) is 8.75. The van der Waals surface area contributed by atoms with Crippen molar-refractivity contribution in [2.24, 2.45) is 0 Å². The van der Waals surface area contributed by atoms with Crippen molar-refractivity contribution in [3.8, 4) is 0 Å². The molecular formula is C14H17ClN2S. The van der Waals surface area contributed by atoms with Gasteiger partial charge in [-0.1, -0.05) is 37.3 Å². The number of imidazole rings is 1. The Bertz CT molecular complexity index is 606. The van der Waals surface area contributed by atoms with Crippen molar-refractivity contribution < 1.29 is 0 Å². The highest BCUT2D eigenvalue weighted by Crippen LogP contribution is 2.31. The summed E-state index contributed by atoms with van der Waals surface area (Å²) >= 11 is 11.5. The third kappa shape index (κ3) is 2.21. The number of rotatable bonds is 1. The maximum absolute atomic E-state index is 6.03. The van der Waals surface area contributed by atoms with Crippen LogP contribution < -0.4 is 0 Å². The Morgan fingerprint density at radius 1 is 1.17 bits per heavy atom. The standard InChI is InChI=1S/C14H17ClN2S/c15-10-7-8-13-12(9-10)16-14(18)17(13)11-5-3-1-2-4-6-11/h7-9,11H,1-6H2,(H,16,18). The van der Waals surface area contributed by atoms with E-state index >= 15 is 0 Å². The van der Waals surface area contributed by atoms with Crippen molar-refractivity contribution in [3.05, 3.63) is 28.0 Å². The van der Waals surface area contributed by atoms with E-state index in [0.717, 1.165) is 15.3 Å². The quantitative estimate of drug-likeness (QED) is 0.559. The van der Waals surface area contributed by atoms with Crippen molar-refractivity contribution >= 4 is 34.9 Å². The summed E-state index contributed by atoms with van der Waals surface area (Å²) in [7, 11) is 0. The predicted molar refractivity (Wildman–Crippen MR) is 78.9 cm³/mol. The van der Waals surface area contributed by atoms with Crippen LogP contribution in [0.2, 0.25) is 5.02 Å². The highest BCUT2D eigenvalue weighted by atomic mass is 35.5. The first-order valence-electron chi connectivity index (χ1n) is 6.65. The van der Waals surface area contributed by atoms with Crippen LogP contribution in [0.3, 0.4) is 0 Å². The van der Waals surface area contributed by atoms with Gasteiger partial charge in [0.1, 0.15) is 0 Å². The van der Waals surface area contributed by atoms with Gasteiger partial charge in [-0.2, -0.15) is 0 Å². The molecule has 0 bridgehead atoms. The zero-order valence-corrected chi connectivity index (χ0v) is 11.9. The number of aromatic nitrogens is 2.